The Morgan fingerprint density at radius 3 is 1.51 bits per heavy atom. The van der Waals surface area contributed by atoms with E-state index in [4.69, 9.17) is 23.2 Å². The number of hydrogen-bond acceptors (Lipinski definition) is 8. The van der Waals surface area contributed by atoms with Crippen LogP contribution in [-0.2, 0) is 19.4 Å². The zero-order chi connectivity index (χ0) is 35.9. The van der Waals surface area contributed by atoms with Crippen molar-refractivity contribution in [1.82, 2.24) is 18.7 Å². The Labute approximate surface area is 260 Å². The number of nitro benzene ring substituents is 2. The molecular weight excluding hydrogens is 711 g/mol. The summed E-state index contributed by atoms with van der Waals surface area (Å²) in [4.78, 5) is 68.2. The number of H-pyrrole nitrogens is 1. The van der Waals surface area contributed by atoms with Gasteiger partial charge in [0.2, 0.25) is 0 Å². The number of hydrogen-bond donors (Lipinski definition) is 1. The molecule has 0 spiro atoms. The van der Waals surface area contributed by atoms with E-state index in [1.807, 2.05) is 0 Å². The fourth-order valence-electron chi connectivity index (χ4n) is 3.67. The Balaban J connectivity index is 0.000000256. The first-order chi connectivity index (χ1) is 21.5. The molecule has 0 saturated carbocycles. The van der Waals surface area contributed by atoms with Gasteiger partial charge < -0.3 is 4.98 Å². The van der Waals surface area contributed by atoms with Crippen LogP contribution in [0.2, 0.25) is 10.0 Å². The highest BCUT2D eigenvalue weighted by molar-refractivity contribution is 6.33. The van der Waals surface area contributed by atoms with E-state index in [-0.39, 0.29) is 25.8 Å². The van der Waals surface area contributed by atoms with Crippen molar-refractivity contribution in [3.63, 3.8) is 0 Å². The highest BCUT2D eigenvalue weighted by Gasteiger charge is 2.36. The monoisotopic (exact) mass is 720 g/mol. The number of benzene rings is 2. The summed E-state index contributed by atoms with van der Waals surface area (Å²) in [6.45, 7) is 0. The normalized spacial score (nSPS) is 11.6. The predicted molar refractivity (Wildman–Crippen MR) is 143 cm³/mol. The molecule has 0 aliphatic heterocycles. The number of aromatic nitrogens is 4. The van der Waals surface area contributed by atoms with Crippen LogP contribution in [0.15, 0.2) is 55.6 Å². The van der Waals surface area contributed by atoms with E-state index in [9.17, 15) is 74.5 Å². The summed E-state index contributed by atoms with van der Waals surface area (Å²) < 4.78 is 104. The number of nitrogens with zero attached hydrogens (tertiary/aromatic N) is 5. The lowest BCUT2D eigenvalue weighted by Crippen LogP contribution is -2.41. The molecule has 14 nitrogen and oxygen atoms in total. The van der Waals surface area contributed by atoms with Crippen molar-refractivity contribution in [3.8, 4) is 11.4 Å². The van der Waals surface area contributed by atoms with E-state index in [2.05, 4.69) is 0 Å². The second-order valence-electron chi connectivity index (χ2n) is 8.73. The predicted octanol–water partition coefficient (Wildman–Crippen LogP) is 4.50. The van der Waals surface area contributed by atoms with Crippen LogP contribution in [0, 0.1) is 31.9 Å². The Morgan fingerprint density at radius 2 is 1.13 bits per heavy atom. The first kappa shape index (κ1) is 36.1. The SMILES string of the molecule is Cn1c(C(F)(F)F)cc(=O)n(-c2cc([N+](=O)[O-])c(Cl)cc2F)c1=O.O=c1cc(C(F)(F)F)[nH]c(=O)n1-c1cc([N+](=O)[O-])c(Cl)cc1F. The fourth-order valence-corrected chi connectivity index (χ4v) is 4.11. The maximum atomic E-state index is 14.0. The summed E-state index contributed by atoms with van der Waals surface area (Å²) in [5, 5.41) is 20.4. The summed E-state index contributed by atoms with van der Waals surface area (Å²) in [6, 6.07) is 2.04. The van der Waals surface area contributed by atoms with Gasteiger partial charge in [0.25, 0.3) is 22.5 Å². The molecule has 0 saturated heterocycles. The molecule has 0 atom stereocenters. The summed E-state index contributed by atoms with van der Waals surface area (Å²) in [7, 11) is 0.726. The first-order valence-corrected chi connectivity index (χ1v) is 12.3. The number of aromatic amines is 1. The Bertz CT molecular complexity index is 2160. The fraction of sp³-hybridized carbons (Fsp3) is 0.130. The minimum Gasteiger partial charge on any atom is -0.303 e. The smallest absolute Gasteiger partial charge is 0.303 e. The zero-order valence-electron chi connectivity index (χ0n) is 22.2. The molecule has 4 aromatic rings. The van der Waals surface area contributed by atoms with Crippen molar-refractivity contribution >= 4 is 34.6 Å². The molecule has 0 fully saturated rings. The lowest BCUT2D eigenvalue weighted by Gasteiger charge is -2.14. The van der Waals surface area contributed by atoms with Crippen LogP contribution in [-0.4, -0.2) is 28.5 Å². The van der Waals surface area contributed by atoms with Crippen molar-refractivity contribution in [2.75, 3.05) is 0 Å². The number of halogens is 10. The summed E-state index contributed by atoms with van der Waals surface area (Å²) in [5.74, 6) is -2.59. The molecule has 0 aliphatic rings. The second kappa shape index (κ2) is 12.8. The zero-order valence-corrected chi connectivity index (χ0v) is 23.8. The maximum absolute atomic E-state index is 14.0. The van der Waals surface area contributed by atoms with Gasteiger partial charge in [0, 0.05) is 43.4 Å². The molecule has 0 bridgehead atoms. The number of rotatable bonds is 4. The van der Waals surface area contributed by atoms with Gasteiger partial charge in [-0.2, -0.15) is 26.3 Å². The van der Waals surface area contributed by atoms with Crippen LogP contribution >= 0.6 is 23.2 Å². The standard InChI is InChI=1S/C12H6ClF4N3O4.C11H4ClF4N3O4/c1-18-9(12(15,16)17)4-10(21)19(11(18)22)8-3-7(20(23)24)5(13)2-6(8)14;12-4-1-5(13)7(2-6(4)19(22)23)18-9(20)3-8(11(14,15)16)17-10(18)21/h2-4H,1H3;1-3H,(H,17,21). The second-order valence-corrected chi connectivity index (χ2v) is 9.54. The summed E-state index contributed by atoms with van der Waals surface area (Å²) in [5.41, 5.74) is -12.8. The van der Waals surface area contributed by atoms with Crippen molar-refractivity contribution in [3.05, 3.63) is 131 Å². The lowest BCUT2D eigenvalue weighted by molar-refractivity contribution is -0.384. The number of nitro groups is 2. The van der Waals surface area contributed by atoms with Crippen LogP contribution in [0.25, 0.3) is 11.4 Å². The Hall–Kier alpha value is -5.38. The van der Waals surface area contributed by atoms with Crippen molar-refractivity contribution in [2.24, 2.45) is 7.05 Å². The molecule has 250 valence electrons. The van der Waals surface area contributed by atoms with E-state index >= 15 is 0 Å². The molecule has 47 heavy (non-hydrogen) atoms. The third-order valence-corrected chi connectivity index (χ3v) is 6.36. The van der Waals surface area contributed by atoms with Gasteiger partial charge in [-0.3, -0.25) is 34.4 Å². The van der Waals surface area contributed by atoms with E-state index in [1.165, 1.54) is 4.98 Å². The Morgan fingerprint density at radius 1 is 0.702 bits per heavy atom. The van der Waals surface area contributed by atoms with E-state index in [0.29, 0.717) is 24.3 Å². The van der Waals surface area contributed by atoms with Gasteiger partial charge in [-0.25, -0.2) is 27.5 Å². The molecule has 24 heteroatoms. The van der Waals surface area contributed by atoms with Gasteiger partial charge >= 0.3 is 23.7 Å². The van der Waals surface area contributed by atoms with Crippen LogP contribution in [0.1, 0.15) is 11.4 Å². The summed E-state index contributed by atoms with van der Waals surface area (Å²) >= 11 is 10.9. The van der Waals surface area contributed by atoms with Crippen LogP contribution < -0.4 is 22.5 Å². The molecule has 2 aromatic carbocycles. The molecule has 0 unspecified atom stereocenters. The molecule has 2 heterocycles. The van der Waals surface area contributed by atoms with Crippen LogP contribution in [0.4, 0.5) is 46.5 Å². The molecule has 0 aliphatic carbocycles. The van der Waals surface area contributed by atoms with E-state index < -0.39 is 101 Å². The number of nitrogens with one attached hydrogen (secondary N) is 1. The average molecular weight is 721 g/mol. The average Bonchev–Trinajstić information content (AvgIpc) is 2.91. The highest BCUT2D eigenvalue weighted by Crippen LogP contribution is 2.31. The Kier molecular flexibility index (Phi) is 9.82. The molecule has 1 N–H and O–H groups in total. The lowest BCUT2D eigenvalue weighted by atomic mass is 10.2. The quantitative estimate of drug-likeness (QED) is 0.181. The van der Waals surface area contributed by atoms with Gasteiger partial charge in [-0.15, -0.1) is 0 Å². The minimum absolute atomic E-state index is 0.00605. The van der Waals surface area contributed by atoms with E-state index in [1.54, 1.807) is 0 Å². The highest BCUT2D eigenvalue weighted by atomic mass is 35.5. The first-order valence-electron chi connectivity index (χ1n) is 11.6. The summed E-state index contributed by atoms with van der Waals surface area (Å²) in [6.07, 6.45) is -9.99. The van der Waals surface area contributed by atoms with Crippen LogP contribution in [0.5, 0.6) is 0 Å². The minimum atomic E-state index is -5.00. The van der Waals surface area contributed by atoms with Gasteiger partial charge in [-0.05, 0) is 0 Å². The van der Waals surface area contributed by atoms with Gasteiger partial charge in [-0.1, -0.05) is 23.2 Å². The van der Waals surface area contributed by atoms with Gasteiger partial charge in [0.15, 0.2) is 0 Å². The molecule has 0 amide bonds. The van der Waals surface area contributed by atoms with Gasteiger partial charge in [0.1, 0.15) is 33.1 Å². The largest absolute Gasteiger partial charge is 0.431 e. The molecule has 2 aromatic heterocycles. The van der Waals surface area contributed by atoms with Crippen molar-refractivity contribution in [1.29, 1.82) is 0 Å². The number of alkyl halides is 6. The molecule has 4 rings (SSSR count). The van der Waals surface area contributed by atoms with E-state index in [0.717, 1.165) is 7.05 Å². The molecular formula is C23H10Cl2F8N6O8. The van der Waals surface area contributed by atoms with Crippen LogP contribution in [0.3, 0.4) is 0 Å². The molecule has 0 radical (unpaired) electrons. The topological polar surface area (TPSA) is 185 Å². The van der Waals surface area contributed by atoms with Gasteiger partial charge in [0.05, 0.1) is 21.2 Å². The van der Waals surface area contributed by atoms with Crippen molar-refractivity contribution in [2.45, 2.75) is 12.4 Å². The van der Waals surface area contributed by atoms with Crippen molar-refractivity contribution < 1.29 is 45.0 Å². The third kappa shape index (κ3) is 7.38. The maximum Gasteiger partial charge on any atom is 0.431 e. The third-order valence-electron chi connectivity index (χ3n) is 5.76.